The average molecular weight is 319 g/mol. The molecule has 1 aliphatic carbocycles. The highest BCUT2D eigenvalue weighted by molar-refractivity contribution is 6.32. The van der Waals surface area contributed by atoms with Gasteiger partial charge in [0.15, 0.2) is 0 Å². The monoisotopic (exact) mass is 318 g/mol. The van der Waals surface area contributed by atoms with Crippen molar-refractivity contribution in [3.8, 4) is 5.75 Å². The number of benzene rings is 1. The Labute approximate surface area is 135 Å². The molecule has 1 heterocycles. The number of hydrogen-bond donors (Lipinski definition) is 1. The fraction of sp³-hybridized carbons (Fsp3) is 0.375. The lowest BCUT2D eigenvalue weighted by Gasteiger charge is -2.25. The minimum Gasteiger partial charge on any atom is -0.495 e. The third-order valence-electron chi connectivity index (χ3n) is 3.69. The van der Waals surface area contributed by atoms with Crippen LogP contribution in [0.15, 0.2) is 24.4 Å². The number of rotatable bonds is 5. The molecule has 0 radical (unpaired) electrons. The number of hydrogen-bond acceptors (Lipinski definition) is 5. The van der Waals surface area contributed by atoms with Crippen LogP contribution in [0.1, 0.15) is 18.4 Å². The molecule has 3 rings (SSSR count). The van der Waals surface area contributed by atoms with Crippen LogP contribution in [-0.2, 0) is 0 Å². The summed E-state index contributed by atoms with van der Waals surface area (Å²) < 4.78 is 5.55. The highest BCUT2D eigenvalue weighted by Gasteiger charge is 2.34. The van der Waals surface area contributed by atoms with Gasteiger partial charge >= 0.3 is 0 Å². The molecule has 0 atom stereocenters. The van der Waals surface area contributed by atoms with Crippen LogP contribution in [0.25, 0.3) is 0 Å². The first-order valence-corrected chi connectivity index (χ1v) is 7.66. The number of anilines is 3. The molecule has 22 heavy (non-hydrogen) atoms. The summed E-state index contributed by atoms with van der Waals surface area (Å²) >= 11 is 6.09. The van der Waals surface area contributed by atoms with Crippen LogP contribution in [0.5, 0.6) is 5.75 Å². The van der Waals surface area contributed by atoms with E-state index in [0.29, 0.717) is 22.8 Å². The molecular weight excluding hydrogens is 300 g/mol. The molecule has 6 heteroatoms. The van der Waals surface area contributed by atoms with E-state index in [1.54, 1.807) is 20.4 Å². The maximum atomic E-state index is 6.09. The normalized spacial score (nSPS) is 13.8. The van der Waals surface area contributed by atoms with Gasteiger partial charge < -0.3 is 15.0 Å². The number of halogens is 1. The van der Waals surface area contributed by atoms with Gasteiger partial charge in [-0.15, -0.1) is 0 Å². The Morgan fingerprint density at radius 1 is 1.36 bits per heavy atom. The van der Waals surface area contributed by atoms with Crippen molar-refractivity contribution in [1.82, 2.24) is 9.97 Å². The Hall–Kier alpha value is -2.01. The molecule has 0 amide bonds. The number of aryl methyl sites for hydroxylation is 1. The summed E-state index contributed by atoms with van der Waals surface area (Å²) in [5.74, 6) is 2.10. The van der Waals surface area contributed by atoms with Crippen molar-refractivity contribution in [3.63, 3.8) is 0 Å². The van der Waals surface area contributed by atoms with E-state index in [-0.39, 0.29) is 0 Å². The first-order chi connectivity index (χ1) is 10.6. The SMILES string of the molecule is CNc1nc(N(c2ccc(C)cc2OC)C2CC2)ncc1Cl. The molecule has 0 spiro atoms. The molecule has 5 nitrogen and oxygen atoms in total. The largest absolute Gasteiger partial charge is 0.495 e. The number of nitrogens with one attached hydrogen (secondary N) is 1. The van der Waals surface area contributed by atoms with Crippen molar-refractivity contribution < 1.29 is 4.74 Å². The average Bonchev–Trinajstić information content (AvgIpc) is 3.35. The molecule has 1 N–H and O–H groups in total. The topological polar surface area (TPSA) is 50.3 Å². The number of nitrogens with zero attached hydrogens (tertiary/aromatic N) is 3. The van der Waals surface area contributed by atoms with Gasteiger partial charge in [-0.3, -0.25) is 0 Å². The molecule has 0 unspecified atom stereocenters. The van der Waals surface area contributed by atoms with E-state index in [2.05, 4.69) is 32.3 Å². The lowest BCUT2D eigenvalue weighted by Crippen LogP contribution is -2.23. The molecule has 2 aromatic rings. The quantitative estimate of drug-likeness (QED) is 0.909. The Balaban J connectivity index is 2.07. The van der Waals surface area contributed by atoms with Crippen LogP contribution in [0.2, 0.25) is 5.02 Å². The third-order valence-corrected chi connectivity index (χ3v) is 3.97. The second-order valence-corrected chi connectivity index (χ2v) is 5.80. The van der Waals surface area contributed by atoms with E-state index in [1.165, 1.54) is 0 Å². The van der Waals surface area contributed by atoms with Crippen molar-refractivity contribution in [2.75, 3.05) is 24.4 Å². The smallest absolute Gasteiger partial charge is 0.232 e. The highest BCUT2D eigenvalue weighted by atomic mass is 35.5. The second-order valence-electron chi connectivity index (χ2n) is 5.39. The van der Waals surface area contributed by atoms with Crippen LogP contribution in [0.4, 0.5) is 17.5 Å². The second kappa shape index (κ2) is 6.01. The maximum absolute atomic E-state index is 6.09. The Kier molecular flexibility index (Phi) is 4.07. The lowest BCUT2D eigenvalue weighted by molar-refractivity contribution is 0.414. The fourth-order valence-corrected chi connectivity index (χ4v) is 2.62. The third kappa shape index (κ3) is 2.81. The first-order valence-electron chi connectivity index (χ1n) is 7.28. The zero-order valence-electron chi connectivity index (χ0n) is 12.9. The Bertz CT molecular complexity index is 688. The number of methoxy groups -OCH3 is 1. The van der Waals surface area contributed by atoms with Gasteiger partial charge in [0, 0.05) is 13.1 Å². The van der Waals surface area contributed by atoms with Gasteiger partial charge in [-0.05, 0) is 37.5 Å². The molecule has 1 aromatic carbocycles. The van der Waals surface area contributed by atoms with Crippen molar-refractivity contribution in [3.05, 3.63) is 35.0 Å². The Morgan fingerprint density at radius 2 is 2.14 bits per heavy atom. The molecule has 1 aromatic heterocycles. The molecule has 0 aliphatic heterocycles. The van der Waals surface area contributed by atoms with E-state index in [0.717, 1.165) is 29.8 Å². The zero-order valence-corrected chi connectivity index (χ0v) is 13.7. The minimum atomic E-state index is 0.405. The Morgan fingerprint density at radius 3 is 2.77 bits per heavy atom. The van der Waals surface area contributed by atoms with E-state index in [1.807, 2.05) is 13.0 Å². The van der Waals surface area contributed by atoms with E-state index < -0.39 is 0 Å². The van der Waals surface area contributed by atoms with Crippen LogP contribution in [-0.4, -0.2) is 30.2 Å². The highest BCUT2D eigenvalue weighted by Crippen LogP contribution is 2.41. The van der Waals surface area contributed by atoms with Crippen molar-refractivity contribution in [2.45, 2.75) is 25.8 Å². The standard InChI is InChI=1S/C16H19ClN4O/c1-10-4-7-13(14(8-10)22-3)21(11-5-6-11)16-19-9-12(17)15(18-2)20-16/h4,7-9,11H,5-6H2,1-3H3,(H,18,19,20). The van der Waals surface area contributed by atoms with Crippen molar-refractivity contribution in [2.24, 2.45) is 0 Å². The van der Waals surface area contributed by atoms with E-state index in [4.69, 9.17) is 16.3 Å². The van der Waals surface area contributed by atoms with Crippen LogP contribution < -0.4 is 15.0 Å². The molecule has 0 saturated heterocycles. The number of aromatic nitrogens is 2. The van der Waals surface area contributed by atoms with Crippen LogP contribution in [0, 0.1) is 6.92 Å². The first kappa shape index (κ1) is 14.9. The maximum Gasteiger partial charge on any atom is 0.232 e. The summed E-state index contributed by atoms with van der Waals surface area (Å²) in [6, 6.07) is 6.56. The minimum absolute atomic E-state index is 0.405. The van der Waals surface area contributed by atoms with Crippen molar-refractivity contribution >= 4 is 29.1 Å². The van der Waals surface area contributed by atoms with E-state index >= 15 is 0 Å². The van der Waals surface area contributed by atoms with Gasteiger partial charge in [-0.25, -0.2) is 4.98 Å². The summed E-state index contributed by atoms with van der Waals surface area (Å²) in [4.78, 5) is 11.1. The van der Waals surface area contributed by atoms with Gasteiger partial charge in [0.2, 0.25) is 5.95 Å². The van der Waals surface area contributed by atoms with Gasteiger partial charge in [0.1, 0.15) is 16.6 Å². The number of ether oxygens (including phenoxy) is 1. The summed E-state index contributed by atoms with van der Waals surface area (Å²) in [7, 11) is 3.48. The molecule has 1 aliphatic rings. The van der Waals surface area contributed by atoms with Crippen LogP contribution >= 0.6 is 11.6 Å². The molecular formula is C16H19ClN4O. The summed E-state index contributed by atoms with van der Waals surface area (Å²) in [6.07, 6.45) is 3.88. The summed E-state index contributed by atoms with van der Waals surface area (Å²) in [5.41, 5.74) is 2.14. The fourth-order valence-electron chi connectivity index (χ4n) is 2.43. The van der Waals surface area contributed by atoms with Crippen molar-refractivity contribution in [1.29, 1.82) is 0 Å². The van der Waals surface area contributed by atoms with Crippen LogP contribution in [0.3, 0.4) is 0 Å². The predicted molar refractivity (Wildman–Crippen MR) is 89.5 cm³/mol. The zero-order chi connectivity index (χ0) is 15.7. The van der Waals surface area contributed by atoms with Gasteiger partial charge in [-0.1, -0.05) is 17.7 Å². The molecule has 0 bridgehead atoms. The van der Waals surface area contributed by atoms with E-state index in [9.17, 15) is 0 Å². The van der Waals surface area contributed by atoms with Gasteiger partial charge in [0.05, 0.1) is 19.0 Å². The lowest BCUT2D eigenvalue weighted by atomic mass is 10.2. The molecule has 1 fully saturated rings. The summed E-state index contributed by atoms with van der Waals surface area (Å²) in [5, 5.41) is 3.51. The molecule has 1 saturated carbocycles. The van der Waals surface area contributed by atoms with Gasteiger partial charge in [0.25, 0.3) is 0 Å². The van der Waals surface area contributed by atoms with Gasteiger partial charge in [-0.2, -0.15) is 4.98 Å². The summed E-state index contributed by atoms with van der Waals surface area (Å²) in [6.45, 7) is 2.05. The predicted octanol–water partition coefficient (Wildman–Crippen LogP) is 3.79. The molecule has 116 valence electrons.